The first kappa shape index (κ1) is 22.5. The summed E-state index contributed by atoms with van der Waals surface area (Å²) in [6.07, 6.45) is 0. The Morgan fingerprint density at radius 1 is 1.06 bits per heavy atom. The molecule has 0 bridgehead atoms. The summed E-state index contributed by atoms with van der Waals surface area (Å²) in [5.74, 6) is -0.174. The van der Waals surface area contributed by atoms with Crippen LogP contribution in [0.3, 0.4) is 0 Å². The van der Waals surface area contributed by atoms with Crippen LogP contribution < -0.4 is 21.1 Å². The standard InChI is InChI=1S/C24H31N5O2/c1-17(25-16-21(27(3)4)19-12-8-6-9-13-19)23(30)26-22-18(2)28(5)29(24(22)31)20-14-10-7-11-15-20/h6-15,17,21,25H,16H2,1-5H3,(H,26,30)/p+2/t17-,21+/m1/s1. The third-order valence-corrected chi connectivity index (χ3v) is 5.84. The number of para-hydroxylation sites is 1. The Hall–Kier alpha value is -3.16. The van der Waals surface area contributed by atoms with E-state index in [0.29, 0.717) is 11.4 Å². The maximum Gasteiger partial charge on any atom is 0.295 e. The third-order valence-electron chi connectivity index (χ3n) is 5.84. The van der Waals surface area contributed by atoms with Gasteiger partial charge in [-0.05, 0) is 26.0 Å². The third kappa shape index (κ3) is 4.95. The normalized spacial score (nSPS) is 13.2. The first-order valence-electron chi connectivity index (χ1n) is 10.6. The minimum absolute atomic E-state index is 0.174. The van der Waals surface area contributed by atoms with E-state index in [1.54, 1.807) is 9.36 Å². The average Bonchev–Trinajstić information content (AvgIpc) is 2.98. The van der Waals surface area contributed by atoms with Gasteiger partial charge in [0.1, 0.15) is 12.2 Å². The minimum atomic E-state index is -0.324. The fourth-order valence-corrected chi connectivity index (χ4v) is 3.79. The first-order chi connectivity index (χ1) is 14.8. The Bertz CT molecular complexity index is 1070. The van der Waals surface area contributed by atoms with Crippen molar-refractivity contribution in [2.45, 2.75) is 25.9 Å². The molecule has 1 amide bonds. The van der Waals surface area contributed by atoms with E-state index in [0.717, 1.165) is 12.2 Å². The number of anilines is 1. The van der Waals surface area contributed by atoms with Gasteiger partial charge in [0.2, 0.25) is 0 Å². The lowest BCUT2D eigenvalue weighted by Gasteiger charge is -2.21. The molecule has 0 aliphatic heterocycles. The molecule has 3 aromatic rings. The van der Waals surface area contributed by atoms with Crippen LogP contribution in [-0.4, -0.2) is 42.0 Å². The molecule has 7 heteroatoms. The summed E-state index contributed by atoms with van der Waals surface area (Å²) in [4.78, 5) is 27.2. The summed E-state index contributed by atoms with van der Waals surface area (Å²) in [6, 6.07) is 19.7. The van der Waals surface area contributed by atoms with Gasteiger partial charge in [-0.1, -0.05) is 48.5 Å². The molecule has 4 N–H and O–H groups in total. The number of hydrogen-bond donors (Lipinski definition) is 3. The van der Waals surface area contributed by atoms with Crippen LogP contribution in [0.25, 0.3) is 5.69 Å². The Morgan fingerprint density at radius 3 is 2.23 bits per heavy atom. The number of nitrogens with zero attached hydrogens (tertiary/aromatic N) is 2. The van der Waals surface area contributed by atoms with Gasteiger partial charge in [-0.3, -0.25) is 14.3 Å². The molecule has 7 nitrogen and oxygen atoms in total. The number of likely N-dealkylation sites (N-methyl/N-ethyl adjacent to an activating group) is 1. The number of benzene rings is 2. The Balaban J connectivity index is 1.72. The minimum Gasteiger partial charge on any atom is -0.331 e. The molecule has 3 rings (SSSR count). The van der Waals surface area contributed by atoms with Crippen LogP contribution in [0.4, 0.5) is 5.69 Å². The zero-order chi connectivity index (χ0) is 22.5. The van der Waals surface area contributed by atoms with Gasteiger partial charge in [-0.15, -0.1) is 0 Å². The van der Waals surface area contributed by atoms with E-state index in [2.05, 4.69) is 31.5 Å². The summed E-state index contributed by atoms with van der Waals surface area (Å²) < 4.78 is 3.34. The second-order valence-electron chi connectivity index (χ2n) is 8.23. The van der Waals surface area contributed by atoms with Crippen molar-refractivity contribution >= 4 is 11.6 Å². The summed E-state index contributed by atoms with van der Waals surface area (Å²) >= 11 is 0. The van der Waals surface area contributed by atoms with Crippen LogP contribution in [0.5, 0.6) is 0 Å². The number of carbonyl (C=O) groups excluding carboxylic acids is 1. The van der Waals surface area contributed by atoms with Crippen LogP contribution in [-0.2, 0) is 11.8 Å². The van der Waals surface area contributed by atoms with E-state index in [4.69, 9.17) is 0 Å². The summed E-state index contributed by atoms with van der Waals surface area (Å²) in [5.41, 5.74) is 2.82. The van der Waals surface area contributed by atoms with E-state index in [-0.39, 0.29) is 23.6 Å². The fourth-order valence-electron chi connectivity index (χ4n) is 3.79. The first-order valence-corrected chi connectivity index (χ1v) is 10.6. The van der Waals surface area contributed by atoms with E-state index in [1.807, 2.05) is 74.7 Å². The summed E-state index contributed by atoms with van der Waals surface area (Å²) in [5, 5.41) is 4.91. The van der Waals surface area contributed by atoms with E-state index in [1.165, 1.54) is 10.5 Å². The Labute approximate surface area is 183 Å². The predicted octanol–water partition coefficient (Wildman–Crippen LogP) is 0.261. The van der Waals surface area contributed by atoms with Crippen molar-refractivity contribution in [3.63, 3.8) is 0 Å². The molecule has 0 saturated heterocycles. The highest BCUT2D eigenvalue weighted by atomic mass is 16.2. The van der Waals surface area contributed by atoms with Crippen LogP contribution in [0.15, 0.2) is 65.5 Å². The van der Waals surface area contributed by atoms with Crippen molar-refractivity contribution in [2.75, 3.05) is 26.0 Å². The van der Waals surface area contributed by atoms with E-state index < -0.39 is 0 Å². The molecule has 1 heterocycles. The second-order valence-corrected chi connectivity index (χ2v) is 8.23. The van der Waals surface area contributed by atoms with Gasteiger partial charge in [0, 0.05) is 12.6 Å². The molecule has 0 radical (unpaired) electrons. The van der Waals surface area contributed by atoms with Gasteiger partial charge < -0.3 is 15.5 Å². The van der Waals surface area contributed by atoms with Gasteiger partial charge in [-0.25, -0.2) is 4.68 Å². The van der Waals surface area contributed by atoms with Crippen molar-refractivity contribution in [1.82, 2.24) is 9.36 Å². The largest absolute Gasteiger partial charge is 0.331 e. The highest BCUT2D eigenvalue weighted by Crippen LogP contribution is 2.14. The highest BCUT2D eigenvalue weighted by molar-refractivity contribution is 5.93. The molecule has 31 heavy (non-hydrogen) atoms. The molecular formula is C24H33N5O2+2. The number of carbonyl (C=O) groups is 1. The fraction of sp³-hybridized carbons (Fsp3) is 0.333. The maximum absolute atomic E-state index is 13.0. The zero-order valence-corrected chi connectivity index (χ0v) is 18.9. The van der Waals surface area contributed by atoms with Crippen molar-refractivity contribution < 1.29 is 15.0 Å². The Kier molecular flexibility index (Phi) is 7.09. The number of nitrogens with two attached hydrogens (primary N) is 1. The van der Waals surface area contributed by atoms with Gasteiger partial charge in [0.25, 0.3) is 11.5 Å². The van der Waals surface area contributed by atoms with Crippen molar-refractivity contribution in [3.8, 4) is 5.69 Å². The van der Waals surface area contributed by atoms with Crippen molar-refractivity contribution in [3.05, 3.63) is 82.3 Å². The average molecular weight is 424 g/mol. The van der Waals surface area contributed by atoms with Crippen LogP contribution in [0.1, 0.15) is 24.2 Å². The van der Waals surface area contributed by atoms with Gasteiger partial charge in [-0.2, -0.15) is 0 Å². The second kappa shape index (κ2) is 9.76. The summed E-state index contributed by atoms with van der Waals surface area (Å²) in [6.45, 7) is 4.48. The van der Waals surface area contributed by atoms with Gasteiger partial charge in [0.05, 0.1) is 25.5 Å². The van der Waals surface area contributed by atoms with Gasteiger partial charge in [0.15, 0.2) is 12.1 Å². The number of nitrogens with one attached hydrogen (secondary N) is 2. The molecular weight excluding hydrogens is 390 g/mol. The SMILES string of the molecule is Cc1c(NC(=O)[C@@H](C)[NH2+]C[C@@H](c2ccccc2)[NH+](C)C)c(=O)n(-c2ccccc2)n1C. The molecule has 2 aromatic carbocycles. The molecule has 0 aliphatic carbocycles. The monoisotopic (exact) mass is 423 g/mol. The van der Waals surface area contributed by atoms with Crippen molar-refractivity contribution in [1.29, 1.82) is 0 Å². The van der Waals surface area contributed by atoms with Gasteiger partial charge >= 0.3 is 0 Å². The molecule has 2 atom stereocenters. The van der Waals surface area contributed by atoms with Crippen molar-refractivity contribution in [2.24, 2.45) is 7.05 Å². The smallest absolute Gasteiger partial charge is 0.295 e. The van der Waals surface area contributed by atoms with Crippen LogP contribution in [0.2, 0.25) is 0 Å². The number of aromatic nitrogens is 2. The topological polar surface area (TPSA) is 77.1 Å². The zero-order valence-electron chi connectivity index (χ0n) is 18.9. The van der Waals surface area contributed by atoms with E-state index in [9.17, 15) is 9.59 Å². The quantitative estimate of drug-likeness (QED) is 0.486. The van der Waals surface area contributed by atoms with Crippen LogP contribution >= 0.6 is 0 Å². The number of amides is 1. The Morgan fingerprint density at radius 2 is 1.65 bits per heavy atom. The number of quaternary nitrogens is 2. The van der Waals surface area contributed by atoms with E-state index >= 15 is 0 Å². The molecule has 1 aromatic heterocycles. The molecule has 0 saturated carbocycles. The molecule has 0 aliphatic rings. The lowest BCUT2D eigenvalue weighted by molar-refractivity contribution is -0.910. The molecule has 0 fully saturated rings. The summed E-state index contributed by atoms with van der Waals surface area (Å²) in [7, 11) is 6.06. The lowest BCUT2D eigenvalue weighted by Crippen LogP contribution is -3.10. The molecule has 0 spiro atoms. The molecule has 164 valence electrons. The van der Waals surface area contributed by atoms with Crippen LogP contribution in [0, 0.1) is 6.92 Å². The maximum atomic E-state index is 13.0. The number of rotatable bonds is 8. The molecule has 0 unspecified atom stereocenters. The number of hydrogen-bond acceptors (Lipinski definition) is 2. The predicted molar refractivity (Wildman–Crippen MR) is 123 cm³/mol. The highest BCUT2D eigenvalue weighted by Gasteiger charge is 2.26. The lowest BCUT2D eigenvalue weighted by atomic mass is 10.1.